The van der Waals surface area contributed by atoms with Gasteiger partial charge in [0, 0.05) is 6.54 Å². The predicted octanol–water partition coefficient (Wildman–Crippen LogP) is 2.42. The zero-order chi connectivity index (χ0) is 47.4. The number of hydrogen-bond donors (Lipinski definition) is 9. The van der Waals surface area contributed by atoms with E-state index >= 15 is 0 Å². The zero-order valence-electron chi connectivity index (χ0n) is 40.1. The third-order valence-corrected chi connectivity index (χ3v) is 19.3. The monoisotopic (exact) mass is 924 g/mol. The van der Waals surface area contributed by atoms with E-state index < -0.39 is 92.6 Å². The fraction of sp³-hybridized carbons (Fsp3) is 0.939. The Morgan fingerprint density at radius 1 is 0.738 bits per heavy atom. The standard InChI is InChI=1S/C49H81NO15/c1-10-50-43(59)49-19-17-44(3,4)21-26(49)25-11-12-30-46(7)15-14-31(45(5,6)29(46)13-16-48(30,9)47(25,8)18-20-49)64-42-39(65-40-37(57)35(55)32(52)24(2)61-40)34(54)28(23-60-42)63-41-38(58)36(56)33(53)27(22-51)62-41/h11,24,26-42,51-58H,10,12-23H2,1-9H3,(H,50,59)/t24-,26?,27+,28-,29?,30?,31?,32-,33+,34-,35+,36-,37+,38+,39+,40-,41+,42-,46-,47+,48+,49-/m0/s1. The van der Waals surface area contributed by atoms with Gasteiger partial charge < -0.3 is 74.6 Å². The number of allylic oxidation sites excluding steroid dienone is 2. The second-order valence-electron chi connectivity index (χ2n) is 23.6. The number of carbonyl (C=O) groups is 1. The minimum absolute atomic E-state index is 0.0166. The van der Waals surface area contributed by atoms with Gasteiger partial charge in [0.15, 0.2) is 18.9 Å². The summed E-state index contributed by atoms with van der Waals surface area (Å²) in [6, 6.07) is 0. The first-order valence-corrected chi connectivity index (χ1v) is 24.7. The van der Waals surface area contributed by atoms with Crippen LogP contribution in [0.1, 0.15) is 127 Å². The van der Waals surface area contributed by atoms with Gasteiger partial charge in [-0.25, -0.2) is 0 Å². The first kappa shape index (κ1) is 50.1. The van der Waals surface area contributed by atoms with E-state index in [-0.39, 0.29) is 62.9 Å². The van der Waals surface area contributed by atoms with Crippen molar-refractivity contribution in [1.29, 1.82) is 0 Å². The van der Waals surface area contributed by atoms with Gasteiger partial charge >= 0.3 is 0 Å². The van der Waals surface area contributed by atoms with Gasteiger partial charge in [0.1, 0.15) is 61.0 Å². The van der Waals surface area contributed by atoms with Crippen LogP contribution in [0, 0.1) is 50.2 Å². The quantitative estimate of drug-likeness (QED) is 0.119. The lowest BCUT2D eigenvalue weighted by Gasteiger charge is -2.71. The van der Waals surface area contributed by atoms with E-state index in [2.05, 4.69) is 59.9 Å². The van der Waals surface area contributed by atoms with Crippen molar-refractivity contribution in [3.8, 4) is 0 Å². The van der Waals surface area contributed by atoms with Crippen molar-refractivity contribution in [1.82, 2.24) is 5.32 Å². The summed E-state index contributed by atoms with van der Waals surface area (Å²) in [5.41, 5.74) is 0.871. The van der Waals surface area contributed by atoms with E-state index in [4.69, 9.17) is 28.4 Å². The predicted molar refractivity (Wildman–Crippen MR) is 234 cm³/mol. The second-order valence-corrected chi connectivity index (χ2v) is 23.6. The van der Waals surface area contributed by atoms with Crippen LogP contribution in [0.2, 0.25) is 0 Å². The Morgan fingerprint density at radius 3 is 2.08 bits per heavy atom. The Balaban J connectivity index is 1.04. The van der Waals surface area contributed by atoms with Crippen LogP contribution in [0.3, 0.4) is 0 Å². The number of hydrogen-bond acceptors (Lipinski definition) is 15. The van der Waals surface area contributed by atoms with Crippen molar-refractivity contribution in [2.75, 3.05) is 19.8 Å². The number of rotatable bonds is 9. The average molecular weight is 924 g/mol. The van der Waals surface area contributed by atoms with E-state index in [1.807, 2.05) is 6.92 Å². The van der Waals surface area contributed by atoms with Gasteiger partial charge in [0.25, 0.3) is 0 Å². The third kappa shape index (κ3) is 8.01. The van der Waals surface area contributed by atoms with Gasteiger partial charge in [0.05, 0.1) is 30.8 Å². The molecule has 0 aromatic rings. The molecule has 7 fully saturated rings. The Kier molecular flexibility index (Phi) is 13.7. The molecule has 8 rings (SSSR count). The van der Waals surface area contributed by atoms with Crippen LogP contribution >= 0.6 is 0 Å². The highest BCUT2D eigenvalue weighted by atomic mass is 16.8. The largest absolute Gasteiger partial charge is 0.394 e. The van der Waals surface area contributed by atoms with Gasteiger partial charge in [-0.2, -0.15) is 0 Å². The van der Waals surface area contributed by atoms with Crippen molar-refractivity contribution in [2.24, 2.45) is 50.2 Å². The van der Waals surface area contributed by atoms with E-state index in [1.165, 1.54) is 12.5 Å². The molecule has 0 aromatic heterocycles. The molecule has 16 heteroatoms. The summed E-state index contributed by atoms with van der Waals surface area (Å²) in [6.07, 6.45) is -8.80. The molecule has 8 aliphatic rings. The van der Waals surface area contributed by atoms with Crippen molar-refractivity contribution in [3.05, 3.63) is 11.6 Å². The number of amides is 1. The molecule has 4 saturated carbocycles. The molecular weight excluding hydrogens is 843 g/mol. The molecule has 1 amide bonds. The number of aliphatic hydroxyl groups is 8. The SMILES string of the molecule is CCNC(=O)[C@]12CCC(C)(C)CC1C1=CCC3[C@@]4(C)CCC(O[C@@H]5OC[C@H](O[C@H]6O[C@H](CO)[C@@H](O)[C@H](O)[C@H]6O)[C@H](O)[C@H]5O[C@@H]5O[C@@H](C)[C@H](O)[C@@H](O)[C@H]5O)C(C)(C)C4CC[C@@]3(C)[C@]1(C)CC2. The van der Waals surface area contributed by atoms with E-state index in [0.29, 0.717) is 18.9 Å². The number of aliphatic hydroxyl groups excluding tert-OH is 8. The summed E-state index contributed by atoms with van der Waals surface area (Å²) in [4.78, 5) is 14.1. The lowest BCUT2D eigenvalue weighted by molar-refractivity contribution is -0.380. The summed E-state index contributed by atoms with van der Waals surface area (Å²) in [5.74, 6) is 1.11. The molecule has 3 aliphatic heterocycles. The molecule has 0 radical (unpaired) electrons. The van der Waals surface area contributed by atoms with Gasteiger partial charge in [-0.1, -0.05) is 60.1 Å². The van der Waals surface area contributed by atoms with Crippen LogP contribution in [0.4, 0.5) is 0 Å². The summed E-state index contributed by atoms with van der Waals surface area (Å²) < 4.78 is 36.9. The molecule has 5 aliphatic carbocycles. The molecule has 22 atom stereocenters. The second kappa shape index (κ2) is 17.8. The molecule has 3 heterocycles. The zero-order valence-corrected chi connectivity index (χ0v) is 40.1. The maximum atomic E-state index is 14.1. The molecule has 372 valence electrons. The van der Waals surface area contributed by atoms with Gasteiger partial charge in [-0.15, -0.1) is 0 Å². The van der Waals surface area contributed by atoms with Crippen LogP contribution in [0.15, 0.2) is 11.6 Å². The fourth-order valence-electron chi connectivity index (χ4n) is 15.1. The highest BCUT2D eigenvalue weighted by Crippen LogP contribution is 2.76. The molecular formula is C49H81NO15. The smallest absolute Gasteiger partial charge is 0.226 e. The van der Waals surface area contributed by atoms with Crippen LogP contribution in [0.25, 0.3) is 0 Å². The fourth-order valence-corrected chi connectivity index (χ4v) is 15.1. The highest BCUT2D eigenvalue weighted by Gasteiger charge is 2.69. The Labute approximate surface area is 384 Å². The molecule has 0 spiro atoms. The van der Waals surface area contributed by atoms with Crippen molar-refractivity contribution in [3.63, 3.8) is 0 Å². The maximum Gasteiger partial charge on any atom is 0.226 e. The first-order chi connectivity index (χ1) is 30.4. The normalized spacial score (nSPS) is 52.8. The molecule has 3 saturated heterocycles. The summed E-state index contributed by atoms with van der Waals surface area (Å²) in [7, 11) is 0. The van der Waals surface area contributed by atoms with Gasteiger partial charge in [-0.05, 0) is 123 Å². The molecule has 9 N–H and O–H groups in total. The van der Waals surface area contributed by atoms with E-state index in [1.54, 1.807) is 0 Å². The lowest BCUT2D eigenvalue weighted by atomic mass is 9.33. The van der Waals surface area contributed by atoms with Crippen LogP contribution in [-0.2, 0) is 33.2 Å². The molecule has 16 nitrogen and oxygen atoms in total. The van der Waals surface area contributed by atoms with Crippen molar-refractivity contribution >= 4 is 5.91 Å². The summed E-state index contributed by atoms with van der Waals surface area (Å²) >= 11 is 0. The minimum Gasteiger partial charge on any atom is -0.394 e. The minimum atomic E-state index is -1.74. The van der Waals surface area contributed by atoms with Crippen LogP contribution in [-0.4, -0.2) is 159 Å². The van der Waals surface area contributed by atoms with Crippen molar-refractivity contribution in [2.45, 2.75) is 219 Å². The maximum absolute atomic E-state index is 14.1. The van der Waals surface area contributed by atoms with Crippen LogP contribution in [0.5, 0.6) is 0 Å². The molecule has 0 aromatic carbocycles. The summed E-state index contributed by atoms with van der Waals surface area (Å²) in [5, 5.41) is 88.7. The first-order valence-electron chi connectivity index (χ1n) is 24.7. The summed E-state index contributed by atoms with van der Waals surface area (Å²) in [6.45, 7) is 20.1. The van der Waals surface area contributed by atoms with Gasteiger partial charge in [-0.3, -0.25) is 4.79 Å². The van der Waals surface area contributed by atoms with E-state index in [9.17, 15) is 45.6 Å². The molecule has 0 bridgehead atoms. The average Bonchev–Trinajstić information content (AvgIpc) is 3.25. The highest BCUT2D eigenvalue weighted by molar-refractivity contribution is 5.84. The topological polar surface area (TPSA) is 246 Å². The molecule has 65 heavy (non-hydrogen) atoms. The Bertz CT molecular complexity index is 1760. The Hall–Kier alpha value is -1.35. The number of ether oxygens (including phenoxy) is 6. The molecule has 4 unspecified atom stereocenters. The number of fused-ring (bicyclic) bond motifs is 7. The number of nitrogens with one attached hydrogen (secondary N) is 1. The third-order valence-electron chi connectivity index (χ3n) is 19.3. The Morgan fingerprint density at radius 2 is 1.40 bits per heavy atom. The van der Waals surface area contributed by atoms with E-state index in [0.717, 1.165) is 57.8 Å². The number of carbonyl (C=O) groups excluding carboxylic acids is 1. The lowest BCUT2D eigenvalue weighted by Crippen LogP contribution is -2.66. The van der Waals surface area contributed by atoms with Crippen molar-refractivity contribution < 1.29 is 74.1 Å². The van der Waals surface area contributed by atoms with Gasteiger partial charge in [0.2, 0.25) is 5.91 Å². The van der Waals surface area contributed by atoms with Crippen LogP contribution < -0.4 is 5.32 Å².